The molecule has 90 valence electrons. The summed E-state index contributed by atoms with van der Waals surface area (Å²) in [6.45, 7) is 1.37. The lowest BCUT2D eigenvalue weighted by Crippen LogP contribution is -2.03. The predicted octanol–water partition coefficient (Wildman–Crippen LogP) is 2.95. The van der Waals surface area contributed by atoms with E-state index in [0.29, 0.717) is 11.1 Å². The van der Waals surface area contributed by atoms with Gasteiger partial charge >= 0.3 is 5.97 Å². The van der Waals surface area contributed by atoms with E-state index in [2.05, 4.69) is 15.9 Å². The summed E-state index contributed by atoms with van der Waals surface area (Å²) in [5, 5.41) is 8.53. The third-order valence-corrected chi connectivity index (χ3v) is 3.22. The average Bonchev–Trinajstić information content (AvgIpc) is 2.26. The van der Waals surface area contributed by atoms with Crippen molar-refractivity contribution in [3.63, 3.8) is 0 Å². The van der Waals surface area contributed by atoms with Crippen LogP contribution in [-0.4, -0.2) is 16.9 Å². The summed E-state index contributed by atoms with van der Waals surface area (Å²) >= 11 is 3.14. The Kier molecular flexibility index (Phi) is 4.57. The Labute approximate surface area is 106 Å². The highest BCUT2D eigenvalue weighted by Crippen LogP contribution is 2.28. The van der Waals surface area contributed by atoms with Crippen molar-refractivity contribution in [3.8, 4) is 0 Å². The van der Waals surface area contributed by atoms with Gasteiger partial charge < -0.3 is 5.11 Å². The second kappa shape index (κ2) is 5.72. The van der Waals surface area contributed by atoms with Crippen LogP contribution in [0.3, 0.4) is 0 Å². The Morgan fingerprint density at radius 1 is 1.47 bits per heavy atom. The van der Waals surface area contributed by atoms with Crippen LogP contribution < -0.4 is 0 Å². The number of carboxylic acid groups (broad SMARTS) is 1. The fourth-order valence-electron chi connectivity index (χ4n) is 1.30. The minimum absolute atomic E-state index is 0.180. The molecule has 0 heterocycles. The molecule has 0 saturated heterocycles. The second-order valence-electron chi connectivity index (χ2n) is 3.42. The van der Waals surface area contributed by atoms with Crippen LogP contribution in [0.1, 0.15) is 22.9 Å². The molecule has 1 aromatic rings. The zero-order chi connectivity index (χ0) is 13.0. The number of halogens is 2. The van der Waals surface area contributed by atoms with E-state index < -0.39 is 16.6 Å². The number of rotatable bonds is 4. The molecule has 0 aliphatic heterocycles. The minimum Gasteiger partial charge on any atom is -0.478 e. The van der Waals surface area contributed by atoms with Gasteiger partial charge in [0.2, 0.25) is 0 Å². The van der Waals surface area contributed by atoms with Gasteiger partial charge in [-0.3, -0.25) is 4.79 Å². The average molecular weight is 301 g/mol. The SMILES string of the molecule is CC(=O)C(Br)c1cc(F)ccc1C=CC(=O)O. The third kappa shape index (κ3) is 3.78. The maximum Gasteiger partial charge on any atom is 0.328 e. The van der Waals surface area contributed by atoms with Gasteiger partial charge in [-0.05, 0) is 36.3 Å². The highest BCUT2D eigenvalue weighted by molar-refractivity contribution is 9.09. The van der Waals surface area contributed by atoms with Gasteiger partial charge in [-0.25, -0.2) is 9.18 Å². The molecule has 17 heavy (non-hydrogen) atoms. The zero-order valence-electron chi connectivity index (χ0n) is 8.98. The smallest absolute Gasteiger partial charge is 0.328 e. The van der Waals surface area contributed by atoms with E-state index in [1.54, 1.807) is 0 Å². The molecule has 5 heteroatoms. The van der Waals surface area contributed by atoms with Crippen molar-refractivity contribution in [3.05, 3.63) is 41.2 Å². The molecule has 0 aliphatic rings. The van der Waals surface area contributed by atoms with Gasteiger partial charge in [0.1, 0.15) is 11.6 Å². The van der Waals surface area contributed by atoms with E-state index in [9.17, 15) is 14.0 Å². The molecule has 1 unspecified atom stereocenters. The minimum atomic E-state index is -1.10. The number of alkyl halides is 1. The van der Waals surface area contributed by atoms with Crippen molar-refractivity contribution in [2.75, 3.05) is 0 Å². The molecule has 1 N–H and O–H groups in total. The number of hydrogen-bond donors (Lipinski definition) is 1. The third-order valence-electron chi connectivity index (χ3n) is 2.08. The zero-order valence-corrected chi connectivity index (χ0v) is 10.6. The summed E-state index contributed by atoms with van der Waals surface area (Å²) < 4.78 is 13.1. The summed E-state index contributed by atoms with van der Waals surface area (Å²) in [7, 11) is 0. The van der Waals surface area contributed by atoms with E-state index in [-0.39, 0.29) is 5.78 Å². The Hall–Kier alpha value is -1.49. The fraction of sp³-hybridized carbons (Fsp3) is 0.167. The van der Waals surface area contributed by atoms with Gasteiger partial charge in [0.15, 0.2) is 0 Å². The van der Waals surface area contributed by atoms with Crippen molar-refractivity contribution >= 4 is 33.8 Å². The molecule has 0 saturated carbocycles. The van der Waals surface area contributed by atoms with Crippen molar-refractivity contribution in [1.82, 2.24) is 0 Å². The standard InChI is InChI=1S/C12H10BrFO3/c1-7(15)12(13)10-6-9(14)4-2-8(10)3-5-11(16)17/h2-6,12H,1H3,(H,16,17). The molecule has 0 spiro atoms. The van der Waals surface area contributed by atoms with E-state index in [0.717, 1.165) is 6.08 Å². The van der Waals surface area contributed by atoms with Crippen LogP contribution in [0, 0.1) is 5.82 Å². The second-order valence-corrected chi connectivity index (χ2v) is 4.33. The summed E-state index contributed by atoms with van der Waals surface area (Å²) in [5.74, 6) is -1.76. The first-order valence-corrected chi connectivity index (χ1v) is 5.68. The molecule has 1 rings (SSSR count). The number of benzene rings is 1. The lowest BCUT2D eigenvalue weighted by atomic mass is 10.0. The lowest BCUT2D eigenvalue weighted by Gasteiger charge is -2.10. The fourth-order valence-corrected chi connectivity index (χ4v) is 1.69. The van der Waals surface area contributed by atoms with E-state index in [1.807, 2.05) is 0 Å². The highest BCUT2D eigenvalue weighted by atomic mass is 79.9. The summed E-state index contributed by atoms with van der Waals surface area (Å²) in [6.07, 6.45) is 2.27. The van der Waals surface area contributed by atoms with Gasteiger partial charge in [0.05, 0.1) is 4.83 Å². The molecule has 1 atom stereocenters. The first-order chi connectivity index (χ1) is 7.91. The summed E-state index contributed by atoms with van der Waals surface area (Å²) in [5.41, 5.74) is 0.904. The molecule has 0 fully saturated rings. The van der Waals surface area contributed by atoms with Crippen LogP contribution in [-0.2, 0) is 9.59 Å². The Morgan fingerprint density at radius 3 is 2.65 bits per heavy atom. The molecule has 1 aromatic carbocycles. The molecular formula is C12H10BrFO3. The normalized spacial score (nSPS) is 12.6. The number of carboxylic acids is 1. The van der Waals surface area contributed by atoms with E-state index >= 15 is 0 Å². The number of ketones is 1. The summed E-state index contributed by atoms with van der Waals surface area (Å²) in [4.78, 5) is 21.0. The Morgan fingerprint density at radius 2 is 2.12 bits per heavy atom. The number of aliphatic carboxylic acids is 1. The van der Waals surface area contributed by atoms with Gasteiger partial charge in [-0.2, -0.15) is 0 Å². The summed E-state index contributed by atoms with van der Waals surface area (Å²) in [6, 6.07) is 3.86. The van der Waals surface area contributed by atoms with Crippen molar-refractivity contribution < 1.29 is 19.1 Å². The Balaban J connectivity index is 3.21. The Bertz CT molecular complexity index is 483. The largest absolute Gasteiger partial charge is 0.478 e. The van der Waals surface area contributed by atoms with Crippen molar-refractivity contribution in [2.45, 2.75) is 11.8 Å². The van der Waals surface area contributed by atoms with Crippen molar-refractivity contribution in [1.29, 1.82) is 0 Å². The first-order valence-electron chi connectivity index (χ1n) is 4.77. The van der Waals surface area contributed by atoms with Crippen LogP contribution in [0.15, 0.2) is 24.3 Å². The van der Waals surface area contributed by atoms with Crippen LogP contribution in [0.25, 0.3) is 6.08 Å². The monoisotopic (exact) mass is 300 g/mol. The maximum atomic E-state index is 13.1. The first kappa shape index (κ1) is 13.6. The quantitative estimate of drug-likeness (QED) is 0.687. The molecule has 0 bridgehead atoms. The van der Waals surface area contributed by atoms with Gasteiger partial charge in [0.25, 0.3) is 0 Å². The maximum absolute atomic E-state index is 13.1. The van der Waals surface area contributed by atoms with Crippen LogP contribution in [0.5, 0.6) is 0 Å². The topological polar surface area (TPSA) is 54.4 Å². The van der Waals surface area contributed by atoms with Crippen molar-refractivity contribution in [2.24, 2.45) is 0 Å². The number of carbonyl (C=O) groups excluding carboxylic acids is 1. The van der Waals surface area contributed by atoms with Crippen LogP contribution >= 0.6 is 15.9 Å². The van der Waals surface area contributed by atoms with Crippen LogP contribution in [0.4, 0.5) is 4.39 Å². The molecular weight excluding hydrogens is 291 g/mol. The number of hydrogen-bond acceptors (Lipinski definition) is 2. The molecule has 0 aromatic heterocycles. The van der Waals surface area contributed by atoms with E-state index in [1.165, 1.54) is 31.2 Å². The van der Waals surface area contributed by atoms with E-state index in [4.69, 9.17) is 5.11 Å². The number of Topliss-reactive ketones (excluding diaryl/α,β-unsaturated/α-hetero) is 1. The van der Waals surface area contributed by atoms with Gasteiger partial charge in [-0.15, -0.1) is 0 Å². The molecule has 0 radical (unpaired) electrons. The molecule has 3 nitrogen and oxygen atoms in total. The predicted molar refractivity (Wildman–Crippen MR) is 65.4 cm³/mol. The molecule has 0 aliphatic carbocycles. The molecule has 0 amide bonds. The van der Waals surface area contributed by atoms with Gasteiger partial charge in [0, 0.05) is 6.08 Å². The lowest BCUT2D eigenvalue weighted by molar-refractivity contribution is -0.131. The highest BCUT2D eigenvalue weighted by Gasteiger charge is 2.16. The number of carbonyl (C=O) groups is 2. The van der Waals surface area contributed by atoms with Crippen LogP contribution in [0.2, 0.25) is 0 Å². The van der Waals surface area contributed by atoms with Gasteiger partial charge in [-0.1, -0.05) is 22.0 Å².